The number of nitrogens with zero attached hydrogens (tertiary/aromatic N) is 5. The molecule has 0 unspecified atom stereocenters. The van der Waals surface area contributed by atoms with Gasteiger partial charge in [-0.05, 0) is 38.8 Å². The molecule has 2 aromatic heterocycles. The zero-order valence-electron chi connectivity index (χ0n) is 15.6. The summed E-state index contributed by atoms with van der Waals surface area (Å²) < 4.78 is 4.12. The quantitative estimate of drug-likeness (QED) is 0.729. The van der Waals surface area contributed by atoms with Gasteiger partial charge < -0.3 is 14.0 Å². The SMILES string of the molecule is Cc1cn(C)c([C@H]2CCCN(C(=O)Cn3c(C)nc4ccccc43)C2)n1. The minimum Gasteiger partial charge on any atom is -0.340 e. The average Bonchev–Trinajstić information content (AvgIpc) is 3.14. The predicted octanol–water partition coefficient (Wildman–Crippen LogP) is 2.79. The van der Waals surface area contributed by atoms with E-state index in [2.05, 4.69) is 20.7 Å². The molecule has 26 heavy (non-hydrogen) atoms. The highest BCUT2D eigenvalue weighted by Crippen LogP contribution is 2.26. The van der Waals surface area contributed by atoms with Gasteiger partial charge in [0.05, 0.1) is 16.7 Å². The number of likely N-dealkylation sites (tertiary alicyclic amines) is 1. The van der Waals surface area contributed by atoms with Crippen molar-refractivity contribution in [2.45, 2.75) is 39.2 Å². The van der Waals surface area contributed by atoms with Crippen LogP contribution in [0.25, 0.3) is 11.0 Å². The average molecular weight is 351 g/mol. The van der Waals surface area contributed by atoms with Crippen molar-refractivity contribution in [1.29, 1.82) is 0 Å². The lowest BCUT2D eigenvalue weighted by molar-refractivity contribution is -0.133. The van der Waals surface area contributed by atoms with Crippen molar-refractivity contribution < 1.29 is 4.79 Å². The minimum atomic E-state index is 0.159. The van der Waals surface area contributed by atoms with E-state index in [9.17, 15) is 4.79 Å². The third-order valence-electron chi connectivity index (χ3n) is 5.31. The monoisotopic (exact) mass is 351 g/mol. The topological polar surface area (TPSA) is 56.0 Å². The summed E-state index contributed by atoms with van der Waals surface area (Å²) in [5.74, 6) is 2.44. The Bertz CT molecular complexity index is 954. The number of fused-ring (bicyclic) bond motifs is 1. The van der Waals surface area contributed by atoms with E-state index in [1.54, 1.807) is 0 Å². The molecule has 1 aliphatic heterocycles. The van der Waals surface area contributed by atoms with E-state index in [0.29, 0.717) is 12.5 Å². The van der Waals surface area contributed by atoms with E-state index in [4.69, 9.17) is 0 Å². The largest absolute Gasteiger partial charge is 0.340 e. The summed E-state index contributed by atoms with van der Waals surface area (Å²) in [5, 5.41) is 0. The smallest absolute Gasteiger partial charge is 0.242 e. The number of aromatic nitrogens is 4. The number of rotatable bonds is 3. The summed E-state index contributed by atoms with van der Waals surface area (Å²) in [7, 11) is 2.04. The summed E-state index contributed by atoms with van der Waals surface area (Å²) in [6, 6.07) is 7.98. The molecule has 3 aromatic rings. The number of para-hydroxylation sites is 2. The maximum absolute atomic E-state index is 13.0. The molecule has 3 heterocycles. The van der Waals surface area contributed by atoms with Crippen LogP contribution in [-0.2, 0) is 18.4 Å². The Balaban J connectivity index is 1.52. The number of carbonyl (C=O) groups is 1. The first-order valence-electron chi connectivity index (χ1n) is 9.22. The fourth-order valence-corrected chi connectivity index (χ4v) is 4.06. The maximum atomic E-state index is 13.0. The van der Waals surface area contributed by atoms with Crippen LogP contribution in [0.3, 0.4) is 0 Å². The molecular weight excluding hydrogens is 326 g/mol. The van der Waals surface area contributed by atoms with Crippen molar-refractivity contribution in [3.63, 3.8) is 0 Å². The fourth-order valence-electron chi connectivity index (χ4n) is 4.06. The van der Waals surface area contributed by atoms with E-state index in [0.717, 1.165) is 54.3 Å². The number of imidazole rings is 2. The van der Waals surface area contributed by atoms with Crippen LogP contribution < -0.4 is 0 Å². The van der Waals surface area contributed by atoms with Crippen LogP contribution in [0.5, 0.6) is 0 Å². The lowest BCUT2D eigenvalue weighted by Crippen LogP contribution is -2.41. The van der Waals surface area contributed by atoms with Gasteiger partial charge in [0.1, 0.15) is 18.2 Å². The van der Waals surface area contributed by atoms with Crippen molar-refractivity contribution in [1.82, 2.24) is 24.0 Å². The molecule has 1 atom stereocenters. The van der Waals surface area contributed by atoms with Gasteiger partial charge in [-0.3, -0.25) is 4.79 Å². The third kappa shape index (κ3) is 3.00. The minimum absolute atomic E-state index is 0.159. The van der Waals surface area contributed by atoms with Crippen LogP contribution in [0.2, 0.25) is 0 Å². The second-order valence-electron chi connectivity index (χ2n) is 7.26. The first kappa shape index (κ1) is 16.8. The van der Waals surface area contributed by atoms with Gasteiger partial charge in [0.25, 0.3) is 0 Å². The molecule has 1 amide bonds. The van der Waals surface area contributed by atoms with Gasteiger partial charge in [-0.25, -0.2) is 9.97 Å². The highest BCUT2D eigenvalue weighted by Gasteiger charge is 2.27. The van der Waals surface area contributed by atoms with E-state index >= 15 is 0 Å². The summed E-state index contributed by atoms with van der Waals surface area (Å²) in [6.07, 6.45) is 4.16. The molecule has 1 aromatic carbocycles. The highest BCUT2D eigenvalue weighted by atomic mass is 16.2. The fraction of sp³-hybridized carbons (Fsp3) is 0.450. The maximum Gasteiger partial charge on any atom is 0.242 e. The number of carbonyl (C=O) groups excluding carboxylic acids is 1. The number of amides is 1. The van der Waals surface area contributed by atoms with E-state index in [1.165, 1.54) is 0 Å². The molecule has 6 heteroatoms. The van der Waals surface area contributed by atoms with Gasteiger partial charge in [-0.2, -0.15) is 0 Å². The van der Waals surface area contributed by atoms with Crippen LogP contribution in [0.15, 0.2) is 30.5 Å². The number of benzene rings is 1. The number of piperidine rings is 1. The molecule has 6 nitrogen and oxygen atoms in total. The van der Waals surface area contributed by atoms with Crippen molar-refractivity contribution in [3.8, 4) is 0 Å². The normalized spacial score (nSPS) is 17.8. The second-order valence-corrected chi connectivity index (χ2v) is 7.26. The zero-order valence-corrected chi connectivity index (χ0v) is 15.6. The molecule has 136 valence electrons. The van der Waals surface area contributed by atoms with Crippen LogP contribution in [-0.4, -0.2) is 43.0 Å². The van der Waals surface area contributed by atoms with Gasteiger partial charge in [0.15, 0.2) is 0 Å². The van der Waals surface area contributed by atoms with E-state index in [-0.39, 0.29) is 5.91 Å². The molecular formula is C20H25N5O. The third-order valence-corrected chi connectivity index (χ3v) is 5.31. The van der Waals surface area contributed by atoms with Gasteiger partial charge in [-0.1, -0.05) is 12.1 Å². The first-order chi connectivity index (χ1) is 12.5. The van der Waals surface area contributed by atoms with E-state index in [1.807, 2.05) is 54.6 Å². The highest BCUT2D eigenvalue weighted by molar-refractivity contribution is 5.81. The van der Waals surface area contributed by atoms with Gasteiger partial charge >= 0.3 is 0 Å². The van der Waals surface area contributed by atoms with Crippen LogP contribution in [0.4, 0.5) is 0 Å². The van der Waals surface area contributed by atoms with Gasteiger partial charge in [-0.15, -0.1) is 0 Å². The second kappa shape index (κ2) is 6.59. The predicted molar refractivity (Wildman–Crippen MR) is 101 cm³/mol. The van der Waals surface area contributed by atoms with Crippen molar-refractivity contribution in [2.75, 3.05) is 13.1 Å². The summed E-state index contributed by atoms with van der Waals surface area (Å²) in [5.41, 5.74) is 3.00. The van der Waals surface area contributed by atoms with E-state index < -0.39 is 0 Å². The van der Waals surface area contributed by atoms with Crippen LogP contribution in [0, 0.1) is 13.8 Å². The summed E-state index contributed by atoms with van der Waals surface area (Å²) in [4.78, 5) is 24.2. The lowest BCUT2D eigenvalue weighted by Gasteiger charge is -2.32. The Morgan fingerprint density at radius 3 is 2.81 bits per heavy atom. The summed E-state index contributed by atoms with van der Waals surface area (Å²) in [6.45, 7) is 5.89. The standard InChI is InChI=1S/C20H25N5O/c1-14-11-23(3)20(21-14)16-7-6-10-24(12-16)19(26)13-25-15(2)22-17-8-4-5-9-18(17)25/h4-5,8-9,11,16H,6-7,10,12-13H2,1-3H3/t16-/m0/s1. The van der Waals surface area contributed by atoms with Crippen LogP contribution in [0.1, 0.15) is 36.1 Å². The number of hydrogen-bond donors (Lipinski definition) is 0. The first-order valence-corrected chi connectivity index (χ1v) is 9.22. The Kier molecular flexibility index (Phi) is 4.26. The van der Waals surface area contributed by atoms with Crippen LogP contribution >= 0.6 is 0 Å². The lowest BCUT2D eigenvalue weighted by atomic mass is 9.97. The molecule has 1 saturated heterocycles. The molecule has 0 aliphatic carbocycles. The Labute approximate surface area is 153 Å². The molecule has 4 rings (SSSR count). The van der Waals surface area contributed by atoms with Gasteiger partial charge in [0, 0.05) is 32.3 Å². The van der Waals surface area contributed by atoms with Crippen molar-refractivity contribution in [3.05, 3.63) is 47.8 Å². The molecule has 0 N–H and O–H groups in total. The number of aryl methyl sites for hydroxylation is 3. The van der Waals surface area contributed by atoms with Crippen molar-refractivity contribution >= 4 is 16.9 Å². The van der Waals surface area contributed by atoms with Crippen molar-refractivity contribution in [2.24, 2.45) is 7.05 Å². The van der Waals surface area contributed by atoms with Gasteiger partial charge in [0.2, 0.25) is 5.91 Å². The molecule has 0 bridgehead atoms. The summed E-state index contributed by atoms with van der Waals surface area (Å²) >= 11 is 0. The molecule has 0 radical (unpaired) electrons. The Morgan fingerprint density at radius 1 is 1.23 bits per heavy atom. The Hall–Kier alpha value is -2.63. The molecule has 0 saturated carbocycles. The molecule has 0 spiro atoms. The molecule has 1 fully saturated rings. The number of hydrogen-bond acceptors (Lipinski definition) is 3. The molecule has 1 aliphatic rings. The Morgan fingerprint density at radius 2 is 2.04 bits per heavy atom. The zero-order chi connectivity index (χ0) is 18.3.